The maximum atomic E-state index is 12.4. The molecule has 4 N–H and O–H groups in total. The number of thioether (sulfide) groups is 1. The molecule has 0 spiro atoms. The Hall–Kier alpha value is -1.24. The van der Waals surface area contributed by atoms with Crippen LogP contribution in [-0.4, -0.2) is 29.7 Å². The minimum atomic E-state index is -0.370. The number of hydrogen-bond acceptors (Lipinski definition) is 4. The fourth-order valence-corrected chi connectivity index (χ4v) is 3.09. The standard InChI is InChI=1S/C15H21N3O2S.ClH/c1-3-15(4-2,9-16)18-14(20)10-5-6-12-11(7-10)17-13(19)8-21-12;/h5-7H,3-4,8-9,16H2,1-2H3,(H,17,19)(H,18,20);1H. The summed E-state index contributed by atoms with van der Waals surface area (Å²) >= 11 is 1.48. The SMILES string of the molecule is CCC(CC)(CN)NC(=O)c1ccc2c(c1)NC(=O)CS2.Cl. The van der Waals surface area contributed by atoms with Gasteiger partial charge in [-0.2, -0.15) is 0 Å². The van der Waals surface area contributed by atoms with Crippen molar-refractivity contribution in [2.24, 2.45) is 5.73 Å². The average Bonchev–Trinajstić information content (AvgIpc) is 2.51. The molecule has 1 aromatic carbocycles. The Kier molecular flexibility index (Phi) is 6.71. The van der Waals surface area contributed by atoms with Crippen LogP contribution in [0.4, 0.5) is 5.69 Å². The number of amides is 2. The Morgan fingerprint density at radius 1 is 1.41 bits per heavy atom. The molecular formula is C15H22ClN3O2S. The number of carbonyl (C=O) groups is 2. The number of nitrogens with two attached hydrogens (primary N) is 1. The summed E-state index contributed by atoms with van der Waals surface area (Å²) in [4.78, 5) is 24.8. The third kappa shape index (κ3) is 3.94. The molecular weight excluding hydrogens is 322 g/mol. The molecule has 0 radical (unpaired) electrons. The molecule has 0 aromatic heterocycles. The molecule has 0 unspecified atom stereocenters. The van der Waals surface area contributed by atoms with Gasteiger partial charge in [-0.1, -0.05) is 13.8 Å². The second-order valence-electron chi connectivity index (χ2n) is 5.19. The van der Waals surface area contributed by atoms with Gasteiger partial charge in [-0.25, -0.2) is 0 Å². The van der Waals surface area contributed by atoms with E-state index in [9.17, 15) is 9.59 Å². The molecule has 0 atom stereocenters. The van der Waals surface area contributed by atoms with E-state index in [1.807, 2.05) is 19.9 Å². The van der Waals surface area contributed by atoms with E-state index < -0.39 is 0 Å². The molecule has 22 heavy (non-hydrogen) atoms. The molecule has 0 bridgehead atoms. The molecule has 2 amide bonds. The van der Waals surface area contributed by atoms with Gasteiger partial charge in [0.05, 0.1) is 17.0 Å². The van der Waals surface area contributed by atoms with Crippen molar-refractivity contribution in [3.63, 3.8) is 0 Å². The predicted octanol–water partition coefficient (Wildman–Crippen LogP) is 2.40. The van der Waals surface area contributed by atoms with Gasteiger partial charge < -0.3 is 16.4 Å². The highest BCUT2D eigenvalue weighted by Gasteiger charge is 2.27. The number of halogens is 1. The first-order chi connectivity index (χ1) is 10.0. The lowest BCUT2D eigenvalue weighted by Gasteiger charge is -2.31. The van der Waals surface area contributed by atoms with E-state index in [-0.39, 0.29) is 29.8 Å². The first-order valence-corrected chi connectivity index (χ1v) is 8.11. The molecule has 0 fully saturated rings. The van der Waals surface area contributed by atoms with Gasteiger partial charge in [0.2, 0.25) is 5.91 Å². The van der Waals surface area contributed by atoms with E-state index >= 15 is 0 Å². The Morgan fingerprint density at radius 3 is 2.68 bits per heavy atom. The number of rotatable bonds is 5. The van der Waals surface area contributed by atoms with E-state index in [0.29, 0.717) is 23.5 Å². The van der Waals surface area contributed by atoms with Crippen LogP contribution in [0, 0.1) is 0 Å². The summed E-state index contributed by atoms with van der Waals surface area (Å²) < 4.78 is 0. The Morgan fingerprint density at radius 2 is 2.09 bits per heavy atom. The minimum absolute atomic E-state index is 0. The van der Waals surface area contributed by atoms with E-state index in [4.69, 9.17) is 5.73 Å². The predicted molar refractivity (Wildman–Crippen MR) is 92.9 cm³/mol. The zero-order valence-corrected chi connectivity index (χ0v) is 14.4. The van der Waals surface area contributed by atoms with Gasteiger partial charge in [0, 0.05) is 17.0 Å². The van der Waals surface area contributed by atoms with Gasteiger partial charge in [0.25, 0.3) is 5.91 Å². The summed E-state index contributed by atoms with van der Waals surface area (Å²) in [5.74, 6) is 0.223. The Labute approximate surface area is 141 Å². The maximum Gasteiger partial charge on any atom is 0.251 e. The second-order valence-corrected chi connectivity index (χ2v) is 6.21. The molecule has 5 nitrogen and oxygen atoms in total. The highest BCUT2D eigenvalue weighted by Crippen LogP contribution is 2.32. The van der Waals surface area contributed by atoms with Gasteiger partial charge >= 0.3 is 0 Å². The fraction of sp³-hybridized carbons (Fsp3) is 0.467. The number of hydrogen-bond donors (Lipinski definition) is 3. The average molecular weight is 344 g/mol. The molecule has 122 valence electrons. The largest absolute Gasteiger partial charge is 0.345 e. The molecule has 2 rings (SSSR count). The molecule has 0 aliphatic carbocycles. The van der Waals surface area contributed by atoms with Crippen molar-refractivity contribution < 1.29 is 9.59 Å². The van der Waals surface area contributed by atoms with Gasteiger partial charge in [-0.05, 0) is 31.0 Å². The van der Waals surface area contributed by atoms with Crippen molar-refractivity contribution in [2.45, 2.75) is 37.1 Å². The summed E-state index contributed by atoms with van der Waals surface area (Å²) in [5, 5.41) is 5.83. The number of anilines is 1. The summed E-state index contributed by atoms with van der Waals surface area (Å²) in [7, 11) is 0. The molecule has 0 saturated carbocycles. The van der Waals surface area contributed by atoms with E-state index in [1.54, 1.807) is 12.1 Å². The van der Waals surface area contributed by atoms with Crippen molar-refractivity contribution in [2.75, 3.05) is 17.6 Å². The van der Waals surface area contributed by atoms with Gasteiger partial charge in [-0.3, -0.25) is 9.59 Å². The minimum Gasteiger partial charge on any atom is -0.345 e. The normalized spacial score (nSPS) is 13.7. The van der Waals surface area contributed by atoms with E-state index in [0.717, 1.165) is 17.7 Å². The van der Waals surface area contributed by atoms with Gasteiger partial charge in [0.15, 0.2) is 0 Å². The van der Waals surface area contributed by atoms with Crippen molar-refractivity contribution in [3.05, 3.63) is 23.8 Å². The molecule has 0 saturated heterocycles. The Bertz CT molecular complexity index is 553. The number of carbonyl (C=O) groups excluding carboxylic acids is 2. The third-order valence-electron chi connectivity index (χ3n) is 4.00. The third-order valence-corrected chi connectivity index (χ3v) is 5.07. The lowest BCUT2D eigenvalue weighted by atomic mass is 9.92. The van der Waals surface area contributed by atoms with E-state index in [1.165, 1.54) is 11.8 Å². The topological polar surface area (TPSA) is 84.2 Å². The maximum absolute atomic E-state index is 12.4. The first-order valence-electron chi connectivity index (χ1n) is 7.13. The summed E-state index contributed by atoms with van der Waals surface area (Å²) in [6.45, 7) is 4.43. The van der Waals surface area contributed by atoms with Crippen LogP contribution in [0.2, 0.25) is 0 Å². The zero-order valence-electron chi connectivity index (χ0n) is 12.8. The zero-order chi connectivity index (χ0) is 15.5. The van der Waals surface area contributed by atoms with Crippen molar-refractivity contribution >= 4 is 41.7 Å². The van der Waals surface area contributed by atoms with Crippen LogP contribution >= 0.6 is 24.2 Å². The van der Waals surface area contributed by atoms with Gasteiger partial charge in [0.1, 0.15) is 0 Å². The van der Waals surface area contributed by atoms with Crippen LogP contribution < -0.4 is 16.4 Å². The van der Waals surface area contributed by atoms with Crippen LogP contribution in [0.1, 0.15) is 37.0 Å². The lowest BCUT2D eigenvalue weighted by Crippen LogP contribution is -2.52. The van der Waals surface area contributed by atoms with Crippen molar-refractivity contribution in [3.8, 4) is 0 Å². The molecule has 1 aliphatic heterocycles. The highest BCUT2D eigenvalue weighted by molar-refractivity contribution is 8.00. The smallest absolute Gasteiger partial charge is 0.251 e. The monoisotopic (exact) mass is 343 g/mol. The van der Waals surface area contributed by atoms with Crippen LogP contribution in [0.25, 0.3) is 0 Å². The van der Waals surface area contributed by atoms with Crippen LogP contribution in [0.5, 0.6) is 0 Å². The van der Waals surface area contributed by atoms with Crippen LogP contribution in [0.15, 0.2) is 23.1 Å². The number of nitrogens with one attached hydrogen (secondary N) is 2. The Balaban J connectivity index is 0.00000242. The fourth-order valence-electron chi connectivity index (χ4n) is 2.30. The molecule has 1 aliphatic rings. The quantitative estimate of drug-likeness (QED) is 0.766. The number of benzene rings is 1. The molecule has 1 aromatic rings. The molecule has 1 heterocycles. The molecule has 7 heteroatoms. The summed E-state index contributed by atoms with van der Waals surface area (Å²) in [6, 6.07) is 5.38. The first kappa shape index (κ1) is 18.8. The summed E-state index contributed by atoms with van der Waals surface area (Å²) in [6.07, 6.45) is 1.56. The van der Waals surface area contributed by atoms with E-state index in [2.05, 4.69) is 10.6 Å². The summed E-state index contributed by atoms with van der Waals surface area (Å²) in [5.41, 5.74) is 6.68. The van der Waals surface area contributed by atoms with Crippen LogP contribution in [0.3, 0.4) is 0 Å². The highest BCUT2D eigenvalue weighted by atomic mass is 35.5. The van der Waals surface area contributed by atoms with Crippen LogP contribution in [-0.2, 0) is 4.79 Å². The number of fused-ring (bicyclic) bond motifs is 1. The van der Waals surface area contributed by atoms with Crippen molar-refractivity contribution in [1.82, 2.24) is 5.32 Å². The lowest BCUT2D eigenvalue weighted by molar-refractivity contribution is -0.113. The second kappa shape index (κ2) is 7.85. The van der Waals surface area contributed by atoms with Crippen molar-refractivity contribution in [1.29, 1.82) is 0 Å². The van der Waals surface area contributed by atoms with Gasteiger partial charge in [-0.15, -0.1) is 24.2 Å².